The Kier molecular flexibility index (Phi) is 12.3. The average molecular weight is 206 g/mol. The lowest BCUT2D eigenvalue weighted by atomic mass is 10.2. The second-order valence-electron chi connectivity index (χ2n) is 1.74. The summed E-state index contributed by atoms with van der Waals surface area (Å²) in [5.41, 5.74) is 0.338. The fourth-order valence-electron chi connectivity index (χ4n) is 0.627. The van der Waals surface area contributed by atoms with Gasteiger partial charge in [0.2, 0.25) is 0 Å². The van der Waals surface area contributed by atoms with Crippen molar-refractivity contribution in [3.05, 3.63) is 35.9 Å². The molecule has 0 saturated heterocycles. The van der Waals surface area contributed by atoms with Crippen molar-refractivity contribution in [3.8, 4) is 0 Å². The zero-order valence-corrected chi connectivity index (χ0v) is 6.94. The van der Waals surface area contributed by atoms with E-state index in [2.05, 4.69) is 4.89 Å². The van der Waals surface area contributed by atoms with E-state index in [-0.39, 0.29) is 0 Å². The van der Waals surface area contributed by atoms with Gasteiger partial charge in [-0.15, -0.1) is 0 Å². The lowest BCUT2D eigenvalue weighted by molar-refractivity contribution is -0.182. The molecular formula is C7H10O7. The molecule has 0 radical (unpaired) electrons. The molecule has 0 bridgehead atoms. The minimum Gasteiger partial charge on any atom is -0.296 e. The number of rotatable bonds is 1. The summed E-state index contributed by atoms with van der Waals surface area (Å²) in [6.07, 6.45) is 0. The van der Waals surface area contributed by atoms with E-state index in [9.17, 15) is 4.79 Å². The van der Waals surface area contributed by atoms with Gasteiger partial charge in [0.1, 0.15) is 0 Å². The Hall–Kier alpha value is -1.51. The summed E-state index contributed by atoms with van der Waals surface area (Å²) in [7, 11) is 0. The topological polar surface area (TPSA) is 127 Å². The van der Waals surface area contributed by atoms with E-state index < -0.39 is 5.97 Å². The molecule has 0 heterocycles. The summed E-state index contributed by atoms with van der Waals surface area (Å²) in [6.45, 7) is 0. The second kappa shape index (κ2) is 11.5. The first-order valence-electron chi connectivity index (χ1n) is 3.15. The van der Waals surface area contributed by atoms with Crippen LogP contribution in [0.2, 0.25) is 0 Å². The quantitative estimate of drug-likeness (QED) is 0.346. The lowest BCUT2D eigenvalue weighted by Gasteiger charge is -1.92. The van der Waals surface area contributed by atoms with Crippen molar-refractivity contribution in [2.24, 2.45) is 0 Å². The van der Waals surface area contributed by atoms with Crippen LogP contribution < -0.4 is 0 Å². The highest BCUT2D eigenvalue weighted by molar-refractivity contribution is 5.88. The smallest absolute Gasteiger partial charge is 0.296 e. The van der Waals surface area contributed by atoms with E-state index in [1.165, 1.54) is 0 Å². The summed E-state index contributed by atoms with van der Waals surface area (Å²) < 4.78 is 0. The summed E-state index contributed by atoms with van der Waals surface area (Å²) in [5, 5.41) is 31.9. The van der Waals surface area contributed by atoms with Gasteiger partial charge in [0.25, 0.3) is 0 Å². The molecule has 7 nitrogen and oxygen atoms in total. The maximum atomic E-state index is 10.5. The fraction of sp³-hybridized carbons (Fsp3) is 0. The van der Waals surface area contributed by atoms with Crippen molar-refractivity contribution in [2.75, 3.05) is 0 Å². The molecule has 7 heteroatoms. The van der Waals surface area contributed by atoms with Crippen LogP contribution in [0.15, 0.2) is 30.3 Å². The minimum atomic E-state index is -0.736. The van der Waals surface area contributed by atoms with Crippen molar-refractivity contribution in [1.29, 1.82) is 0 Å². The van der Waals surface area contributed by atoms with Gasteiger partial charge in [-0.05, 0) is 12.1 Å². The average Bonchev–Trinajstić information content (AvgIpc) is 2.34. The monoisotopic (exact) mass is 206 g/mol. The van der Waals surface area contributed by atoms with E-state index in [1.54, 1.807) is 30.3 Å². The predicted molar refractivity (Wildman–Crippen MR) is 45.0 cm³/mol. The number of carbonyl (C=O) groups is 1. The molecule has 80 valence electrons. The molecule has 0 atom stereocenters. The molecule has 0 unspecified atom stereocenters. The van der Waals surface area contributed by atoms with Gasteiger partial charge in [0.05, 0.1) is 5.56 Å². The normalized spacial score (nSPS) is 7.21. The molecular weight excluding hydrogens is 196 g/mol. The number of carbonyl (C=O) groups excluding carboxylic acids is 1. The third kappa shape index (κ3) is 6.06. The molecule has 0 aliphatic rings. The summed E-state index contributed by atoms with van der Waals surface area (Å²) >= 11 is 0. The highest BCUT2D eigenvalue weighted by Crippen LogP contribution is 1.98. The Morgan fingerprint density at radius 2 is 1.43 bits per heavy atom. The van der Waals surface area contributed by atoms with Gasteiger partial charge >= 0.3 is 5.97 Å². The Balaban J connectivity index is 0. The lowest BCUT2D eigenvalue weighted by Crippen LogP contribution is -2.00. The maximum absolute atomic E-state index is 10.5. The van der Waals surface area contributed by atoms with Gasteiger partial charge in [-0.3, -0.25) is 25.9 Å². The van der Waals surface area contributed by atoms with Crippen LogP contribution >= 0.6 is 0 Å². The molecule has 0 aliphatic heterocycles. The van der Waals surface area contributed by atoms with E-state index >= 15 is 0 Å². The van der Waals surface area contributed by atoms with Gasteiger partial charge in [-0.1, -0.05) is 18.2 Å². The summed E-state index contributed by atoms with van der Waals surface area (Å²) in [6, 6.07) is 8.25. The summed E-state index contributed by atoms with van der Waals surface area (Å²) in [4.78, 5) is 14.0. The Morgan fingerprint density at radius 1 is 1.00 bits per heavy atom. The summed E-state index contributed by atoms with van der Waals surface area (Å²) in [5.74, 6) is -0.736. The molecule has 5 N–H and O–H groups in total. The first kappa shape index (κ1) is 15.0. The number of benzene rings is 1. The van der Waals surface area contributed by atoms with Crippen molar-refractivity contribution >= 4 is 5.97 Å². The third-order valence-electron chi connectivity index (χ3n) is 1.09. The zero-order valence-electron chi connectivity index (χ0n) is 6.94. The molecule has 0 fully saturated rings. The second-order valence-corrected chi connectivity index (χ2v) is 1.74. The van der Waals surface area contributed by atoms with Crippen molar-refractivity contribution in [2.45, 2.75) is 0 Å². The first-order valence-corrected chi connectivity index (χ1v) is 3.15. The van der Waals surface area contributed by atoms with Gasteiger partial charge in [0, 0.05) is 0 Å². The van der Waals surface area contributed by atoms with Crippen LogP contribution in [-0.2, 0) is 4.89 Å². The molecule has 1 aromatic carbocycles. The molecule has 1 aromatic rings. The van der Waals surface area contributed by atoms with Gasteiger partial charge in [0.15, 0.2) is 0 Å². The van der Waals surface area contributed by atoms with Crippen LogP contribution in [-0.4, -0.2) is 32.3 Å². The molecule has 0 amide bonds. The molecule has 14 heavy (non-hydrogen) atoms. The number of hydrogen-bond donors (Lipinski definition) is 5. The first-order chi connectivity index (χ1) is 6.84. The highest BCUT2D eigenvalue weighted by Gasteiger charge is 2.02. The standard InChI is InChI=1S/C7H6O3.2H2O2/c8-7(10-9)6-4-2-1-3-5-6;2*1-2/h1-5,9H;2*1-2H. The Labute approximate surface area is 78.8 Å². The largest absolute Gasteiger partial charge is 0.372 e. The van der Waals surface area contributed by atoms with Gasteiger partial charge in [-0.2, -0.15) is 5.26 Å². The Bertz CT molecular complexity index is 223. The minimum absolute atomic E-state index is 0.338. The zero-order chi connectivity index (χ0) is 11.4. The van der Waals surface area contributed by atoms with Crippen LogP contribution in [0, 0.1) is 0 Å². The van der Waals surface area contributed by atoms with E-state index in [1.807, 2.05) is 0 Å². The van der Waals surface area contributed by atoms with Crippen LogP contribution in [0.5, 0.6) is 0 Å². The van der Waals surface area contributed by atoms with Crippen LogP contribution in [0.1, 0.15) is 10.4 Å². The molecule has 0 spiro atoms. The molecule has 1 rings (SSSR count). The van der Waals surface area contributed by atoms with Crippen molar-refractivity contribution in [1.82, 2.24) is 0 Å². The maximum Gasteiger partial charge on any atom is 0.372 e. The van der Waals surface area contributed by atoms with Crippen molar-refractivity contribution < 1.29 is 36.0 Å². The van der Waals surface area contributed by atoms with Crippen LogP contribution in [0.3, 0.4) is 0 Å². The molecule has 0 aliphatic carbocycles. The molecule has 0 saturated carbocycles. The van der Waals surface area contributed by atoms with E-state index in [0.717, 1.165) is 0 Å². The Morgan fingerprint density at radius 3 is 1.79 bits per heavy atom. The highest BCUT2D eigenvalue weighted by atomic mass is 17.1. The fourth-order valence-corrected chi connectivity index (χ4v) is 0.627. The SMILES string of the molecule is O=C(OO)c1ccccc1.OO.OO. The van der Waals surface area contributed by atoms with Gasteiger partial charge < -0.3 is 0 Å². The van der Waals surface area contributed by atoms with Crippen molar-refractivity contribution in [3.63, 3.8) is 0 Å². The van der Waals surface area contributed by atoms with Crippen LogP contribution in [0.25, 0.3) is 0 Å². The number of hydrogen-bond acceptors (Lipinski definition) is 7. The predicted octanol–water partition coefficient (Wildman–Crippen LogP) is 1.35. The van der Waals surface area contributed by atoms with Crippen LogP contribution in [0.4, 0.5) is 0 Å². The molecule has 0 aromatic heterocycles. The third-order valence-corrected chi connectivity index (χ3v) is 1.09. The van der Waals surface area contributed by atoms with E-state index in [0.29, 0.717) is 5.56 Å². The van der Waals surface area contributed by atoms with Gasteiger partial charge in [-0.25, -0.2) is 4.79 Å². The van der Waals surface area contributed by atoms with E-state index in [4.69, 9.17) is 26.3 Å².